The summed E-state index contributed by atoms with van der Waals surface area (Å²) >= 11 is 12.0. The third-order valence-corrected chi connectivity index (χ3v) is 5.82. The number of esters is 1. The highest BCUT2D eigenvalue weighted by atomic mass is 35.5. The van der Waals surface area contributed by atoms with Crippen molar-refractivity contribution in [3.05, 3.63) is 94.1 Å². The molecule has 0 aliphatic carbocycles. The molecule has 0 radical (unpaired) electrons. The van der Waals surface area contributed by atoms with Gasteiger partial charge < -0.3 is 19.4 Å². The number of methoxy groups -OCH3 is 1. The number of rotatable bonds is 8. The van der Waals surface area contributed by atoms with E-state index in [9.17, 15) is 9.59 Å². The van der Waals surface area contributed by atoms with Gasteiger partial charge in [0.15, 0.2) is 6.61 Å². The van der Waals surface area contributed by atoms with E-state index in [-0.39, 0.29) is 24.9 Å². The second-order valence-corrected chi connectivity index (χ2v) is 8.50. The standard InChI is InChI=1S/C26H22Cl2N2O4/c1-33-26(32)11-18-15-30(14-17-5-3-2-4-6-17)24-10-8-20(13-21(18)24)34-16-25(31)29-23-9-7-19(27)12-22(23)28/h2-10,12-13,15H,11,14,16H2,1H3,(H,29,31). The van der Waals surface area contributed by atoms with Crippen molar-refractivity contribution in [1.82, 2.24) is 4.57 Å². The van der Waals surface area contributed by atoms with Gasteiger partial charge in [-0.2, -0.15) is 0 Å². The van der Waals surface area contributed by atoms with Crippen LogP contribution in [0.1, 0.15) is 11.1 Å². The number of nitrogens with one attached hydrogen (secondary N) is 1. The Morgan fingerprint density at radius 3 is 2.53 bits per heavy atom. The average molecular weight is 497 g/mol. The minimum atomic E-state index is -0.360. The van der Waals surface area contributed by atoms with E-state index in [2.05, 4.69) is 22.0 Å². The van der Waals surface area contributed by atoms with Crippen molar-refractivity contribution in [3.63, 3.8) is 0 Å². The van der Waals surface area contributed by atoms with Crippen LogP contribution < -0.4 is 10.1 Å². The molecular formula is C26H22Cl2N2O4. The van der Waals surface area contributed by atoms with Crippen LogP contribution in [0.2, 0.25) is 10.0 Å². The molecule has 1 heterocycles. The van der Waals surface area contributed by atoms with Crippen LogP contribution in [0.4, 0.5) is 5.69 Å². The number of fused-ring (bicyclic) bond motifs is 1. The fraction of sp³-hybridized carbons (Fsp3) is 0.154. The molecule has 0 saturated carbocycles. The highest BCUT2D eigenvalue weighted by molar-refractivity contribution is 6.36. The van der Waals surface area contributed by atoms with Crippen LogP contribution >= 0.6 is 23.2 Å². The van der Waals surface area contributed by atoms with E-state index in [0.29, 0.717) is 28.0 Å². The third kappa shape index (κ3) is 5.71. The molecule has 8 heteroatoms. The summed E-state index contributed by atoms with van der Waals surface area (Å²) < 4.78 is 12.7. The summed E-state index contributed by atoms with van der Waals surface area (Å²) in [5, 5.41) is 4.39. The number of ether oxygens (including phenoxy) is 2. The van der Waals surface area contributed by atoms with Gasteiger partial charge in [0, 0.05) is 28.7 Å². The summed E-state index contributed by atoms with van der Waals surface area (Å²) in [4.78, 5) is 24.3. The molecule has 0 fully saturated rings. The summed E-state index contributed by atoms with van der Waals surface area (Å²) in [5.74, 6) is -0.182. The van der Waals surface area contributed by atoms with E-state index in [1.54, 1.807) is 24.3 Å². The molecular weight excluding hydrogens is 475 g/mol. The Morgan fingerprint density at radius 2 is 1.79 bits per heavy atom. The SMILES string of the molecule is COC(=O)Cc1cn(Cc2ccccc2)c2ccc(OCC(=O)Nc3ccc(Cl)cc3Cl)cc12. The summed E-state index contributed by atoms with van der Waals surface area (Å²) in [6.07, 6.45) is 2.08. The number of hydrogen-bond acceptors (Lipinski definition) is 4. The Morgan fingerprint density at radius 1 is 1.00 bits per heavy atom. The zero-order valence-electron chi connectivity index (χ0n) is 18.4. The number of carbonyl (C=O) groups excluding carboxylic acids is 2. The lowest BCUT2D eigenvalue weighted by Gasteiger charge is -2.10. The number of aromatic nitrogens is 1. The number of halogens is 2. The second-order valence-electron chi connectivity index (χ2n) is 7.66. The van der Waals surface area contributed by atoms with Gasteiger partial charge in [0.2, 0.25) is 0 Å². The van der Waals surface area contributed by atoms with Gasteiger partial charge in [0.1, 0.15) is 5.75 Å². The molecule has 6 nitrogen and oxygen atoms in total. The quantitative estimate of drug-likeness (QED) is 0.316. The van der Waals surface area contributed by atoms with Crippen LogP contribution in [-0.2, 0) is 27.3 Å². The largest absolute Gasteiger partial charge is 0.484 e. The summed E-state index contributed by atoms with van der Waals surface area (Å²) in [6.45, 7) is 0.449. The number of benzene rings is 3. The lowest BCUT2D eigenvalue weighted by Crippen LogP contribution is -2.20. The number of hydrogen-bond donors (Lipinski definition) is 1. The lowest BCUT2D eigenvalue weighted by atomic mass is 10.1. The Bertz CT molecular complexity index is 1340. The van der Waals surface area contributed by atoms with Gasteiger partial charge in [-0.25, -0.2) is 0 Å². The molecule has 1 N–H and O–H groups in total. The maximum atomic E-state index is 12.4. The van der Waals surface area contributed by atoms with Crippen molar-refractivity contribution in [2.75, 3.05) is 19.0 Å². The van der Waals surface area contributed by atoms with Crippen molar-refractivity contribution in [1.29, 1.82) is 0 Å². The molecule has 0 aliphatic heterocycles. The van der Waals surface area contributed by atoms with Gasteiger partial charge in [-0.15, -0.1) is 0 Å². The lowest BCUT2D eigenvalue weighted by molar-refractivity contribution is -0.139. The van der Waals surface area contributed by atoms with Crippen LogP contribution in [0.3, 0.4) is 0 Å². The summed E-state index contributed by atoms with van der Waals surface area (Å²) in [6, 6.07) is 20.4. The molecule has 0 saturated heterocycles. The highest BCUT2D eigenvalue weighted by Gasteiger charge is 2.15. The summed E-state index contributed by atoms with van der Waals surface area (Å²) in [7, 11) is 1.37. The first kappa shape index (κ1) is 23.7. The first-order valence-electron chi connectivity index (χ1n) is 10.5. The Labute approximate surface area is 207 Å². The first-order valence-corrected chi connectivity index (χ1v) is 11.3. The van der Waals surface area contributed by atoms with E-state index in [1.165, 1.54) is 7.11 Å². The fourth-order valence-corrected chi connectivity index (χ4v) is 4.10. The van der Waals surface area contributed by atoms with Gasteiger partial charge in [0.05, 0.1) is 24.2 Å². The smallest absolute Gasteiger partial charge is 0.310 e. The minimum Gasteiger partial charge on any atom is -0.484 e. The zero-order valence-corrected chi connectivity index (χ0v) is 19.9. The zero-order chi connectivity index (χ0) is 24.1. The molecule has 4 aromatic rings. The van der Waals surface area contributed by atoms with Crippen LogP contribution in [0.15, 0.2) is 72.9 Å². The number of anilines is 1. The van der Waals surface area contributed by atoms with Crippen molar-refractivity contribution in [2.45, 2.75) is 13.0 Å². The monoisotopic (exact) mass is 496 g/mol. The van der Waals surface area contributed by atoms with Crippen LogP contribution in [0, 0.1) is 0 Å². The van der Waals surface area contributed by atoms with E-state index < -0.39 is 0 Å². The van der Waals surface area contributed by atoms with E-state index in [4.69, 9.17) is 32.7 Å². The normalized spacial score (nSPS) is 10.8. The first-order chi connectivity index (χ1) is 16.4. The molecule has 0 atom stereocenters. The van der Waals surface area contributed by atoms with Gasteiger partial charge in [0.25, 0.3) is 5.91 Å². The molecule has 174 valence electrons. The van der Waals surface area contributed by atoms with Crippen molar-refractivity contribution in [2.24, 2.45) is 0 Å². The van der Waals surface area contributed by atoms with Gasteiger partial charge in [-0.3, -0.25) is 9.59 Å². The molecule has 0 spiro atoms. The molecule has 4 rings (SSSR count). The number of nitrogens with zero attached hydrogens (tertiary/aromatic N) is 1. The van der Waals surface area contributed by atoms with E-state index in [0.717, 1.165) is 22.0 Å². The third-order valence-electron chi connectivity index (χ3n) is 5.27. The van der Waals surface area contributed by atoms with Crippen LogP contribution in [0.5, 0.6) is 5.75 Å². The second kappa shape index (κ2) is 10.6. The van der Waals surface area contributed by atoms with Crippen molar-refractivity contribution in [3.8, 4) is 5.75 Å². The maximum Gasteiger partial charge on any atom is 0.310 e. The van der Waals surface area contributed by atoms with Crippen molar-refractivity contribution < 1.29 is 19.1 Å². The molecule has 3 aromatic carbocycles. The predicted molar refractivity (Wildman–Crippen MR) is 134 cm³/mol. The summed E-state index contributed by atoms with van der Waals surface area (Å²) in [5.41, 5.74) is 3.36. The molecule has 0 aliphatic rings. The Balaban J connectivity index is 1.53. The van der Waals surface area contributed by atoms with Gasteiger partial charge >= 0.3 is 5.97 Å². The van der Waals surface area contributed by atoms with Gasteiger partial charge in [-0.1, -0.05) is 53.5 Å². The van der Waals surface area contributed by atoms with Crippen LogP contribution in [-0.4, -0.2) is 30.2 Å². The number of amides is 1. The van der Waals surface area contributed by atoms with E-state index >= 15 is 0 Å². The van der Waals surface area contributed by atoms with Gasteiger partial charge in [-0.05, 0) is 47.5 Å². The Kier molecular flexibility index (Phi) is 7.40. The molecule has 1 amide bonds. The van der Waals surface area contributed by atoms with Crippen molar-refractivity contribution >= 4 is 51.7 Å². The van der Waals surface area contributed by atoms with Crippen LogP contribution in [0.25, 0.3) is 10.9 Å². The molecule has 0 bridgehead atoms. The molecule has 34 heavy (non-hydrogen) atoms. The molecule has 1 aromatic heterocycles. The minimum absolute atomic E-state index is 0.133. The van der Waals surface area contributed by atoms with E-state index in [1.807, 2.05) is 36.5 Å². The Hall–Kier alpha value is -3.48. The average Bonchev–Trinajstić information content (AvgIpc) is 3.16. The predicted octanol–water partition coefficient (Wildman–Crippen LogP) is 5.73. The fourth-order valence-electron chi connectivity index (χ4n) is 3.65. The number of carbonyl (C=O) groups is 2. The maximum absolute atomic E-state index is 12.4. The topological polar surface area (TPSA) is 69.6 Å². The molecule has 0 unspecified atom stereocenters. The highest BCUT2D eigenvalue weighted by Crippen LogP contribution is 2.28.